The van der Waals surface area contributed by atoms with E-state index in [9.17, 15) is 4.79 Å². The fourth-order valence-electron chi connectivity index (χ4n) is 3.26. The van der Waals surface area contributed by atoms with Crippen molar-refractivity contribution in [1.82, 2.24) is 4.90 Å². The average molecular weight is 303 g/mol. The molecule has 2 unspecified atom stereocenters. The highest BCUT2D eigenvalue weighted by Crippen LogP contribution is 2.33. The number of carbonyl (C=O) groups is 1. The lowest BCUT2D eigenvalue weighted by Gasteiger charge is -2.37. The van der Waals surface area contributed by atoms with Gasteiger partial charge in [0.2, 0.25) is 0 Å². The Morgan fingerprint density at radius 1 is 1.32 bits per heavy atom. The number of aryl methyl sites for hydroxylation is 1. The van der Waals surface area contributed by atoms with Crippen LogP contribution in [0.2, 0.25) is 0 Å². The van der Waals surface area contributed by atoms with E-state index in [2.05, 4.69) is 38.1 Å². The van der Waals surface area contributed by atoms with Crippen LogP contribution in [0.4, 0.5) is 4.79 Å². The van der Waals surface area contributed by atoms with E-state index < -0.39 is 5.60 Å². The van der Waals surface area contributed by atoms with Crippen molar-refractivity contribution in [3.05, 3.63) is 35.4 Å². The molecule has 0 bridgehead atoms. The topological polar surface area (TPSA) is 29.5 Å². The number of nitrogens with zero attached hydrogens (tertiary/aromatic N) is 1. The quantitative estimate of drug-likeness (QED) is 0.789. The number of rotatable bonds is 2. The van der Waals surface area contributed by atoms with Crippen molar-refractivity contribution < 1.29 is 9.53 Å². The minimum Gasteiger partial charge on any atom is -0.444 e. The predicted molar refractivity (Wildman–Crippen MR) is 90.1 cm³/mol. The Morgan fingerprint density at radius 2 is 2.00 bits per heavy atom. The highest BCUT2D eigenvalue weighted by atomic mass is 16.6. The second kappa shape index (κ2) is 6.72. The van der Waals surface area contributed by atoms with Crippen LogP contribution in [0.1, 0.15) is 57.6 Å². The van der Waals surface area contributed by atoms with Gasteiger partial charge in [-0.15, -0.1) is 0 Å². The van der Waals surface area contributed by atoms with E-state index in [1.54, 1.807) is 0 Å². The predicted octanol–water partition coefficient (Wildman–Crippen LogP) is 4.75. The Bertz CT molecular complexity index is 518. The van der Waals surface area contributed by atoms with Crippen LogP contribution in [0.5, 0.6) is 0 Å². The first-order chi connectivity index (χ1) is 10.3. The highest BCUT2D eigenvalue weighted by Gasteiger charge is 2.30. The van der Waals surface area contributed by atoms with Crippen LogP contribution < -0.4 is 0 Å². The summed E-state index contributed by atoms with van der Waals surface area (Å²) in [6, 6.07) is 8.57. The van der Waals surface area contributed by atoms with E-state index in [1.165, 1.54) is 17.5 Å². The van der Waals surface area contributed by atoms with Crippen LogP contribution in [0.25, 0.3) is 0 Å². The maximum atomic E-state index is 12.3. The van der Waals surface area contributed by atoms with Gasteiger partial charge < -0.3 is 9.64 Å². The van der Waals surface area contributed by atoms with Crippen molar-refractivity contribution in [3.63, 3.8) is 0 Å². The molecule has 0 aromatic heterocycles. The lowest BCUT2D eigenvalue weighted by atomic mass is 9.81. The Hall–Kier alpha value is -1.51. The minimum atomic E-state index is -0.425. The summed E-state index contributed by atoms with van der Waals surface area (Å²) in [4.78, 5) is 14.2. The number of benzene rings is 1. The molecule has 0 aliphatic carbocycles. The molecule has 1 amide bonds. The Labute approximate surface area is 134 Å². The van der Waals surface area contributed by atoms with Crippen LogP contribution >= 0.6 is 0 Å². The van der Waals surface area contributed by atoms with Crippen LogP contribution in [-0.2, 0) is 4.74 Å². The summed E-state index contributed by atoms with van der Waals surface area (Å²) in [5, 5.41) is 0. The molecule has 1 aromatic carbocycles. The lowest BCUT2D eigenvalue weighted by molar-refractivity contribution is 0.0154. The molecule has 1 aliphatic heterocycles. The zero-order chi connectivity index (χ0) is 16.3. The Morgan fingerprint density at radius 3 is 2.64 bits per heavy atom. The summed E-state index contributed by atoms with van der Waals surface area (Å²) in [6.45, 7) is 11.8. The second-order valence-corrected chi connectivity index (χ2v) is 7.47. The van der Waals surface area contributed by atoms with E-state index in [-0.39, 0.29) is 6.09 Å². The molecule has 2 atom stereocenters. The molecule has 0 spiro atoms. The number of ether oxygens (including phenoxy) is 1. The molecule has 122 valence electrons. The molecular weight excluding hydrogens is 274 g/mol. The maximum Gasteiger partial charge on any atom is 0.410 e. The van der Waals surface area contributed by atoms with Gasteiger partial charge in [-0.05, 0) is 63.5 Å². The summed E-state index contributed by atoms with van der Waals surface area (Å²) in [5.74, 6) is 0.966. The third-order valence-electron chi connectivity index (χ3n) is 4.50. The van der Waals surface area contributed by atoms with Crippen molar-refractivity contribution >= 4 is 6.09 Å². The smallest absolute Gasteiger partial charge is 0.410 e. The van der Waals surface area contributed by atoms with Gasteiger partial charge >= 0.3 is 6.09 Å². The minimum absolute atomic E-state index is 0.172. The van der Waals surface area contributed by atoms with Gasteiger partial charge in [-0.1, -0.05) is 31.2 Å². The lowest BCUT2D eigenvalue weighted by Crippen LogP contribution is -2.43. The second-order valence-electron chi connectivity index (χ2n) is 7.47. The van der Waals surface area contributed by atoms with Gasteiger partial charge in [-0.2, -0.15) is 0 Å². The van der Waals surface area contributed by atoms with Gasteiger partial charge in [-0.25, -0.2) is 4.79 Å². The van der Waals surface area contributed by atoms with Crippen LogP contribution in [0.3, 0.4) is 0 Å². The summed E-state index contributed by atoms with van der Waals surface area (Å²) in [6.07, 6.45) is 2.06. The van der Waals surface area contributed by atoms with E-state index in [1.807, 2.05) is 25.7 Å². The molecule has 0 N–H and O–H groups in total. The van der Waals surface area contributed by atoms with E-state index in [0.29, 0.717) is 11.8 Å². The average Bonchev–Trinajstić information content (AvgIpc) is 2.45. The van der Waals surface area contributed by atoms with Crippen molar-refractivity contribution in [2.75, 3.05) is 13.1 Å². The van der Waals surface area contributed by atoms with Crippen LogP contribution in [0, 0.1) is 12.8 Å². The molecule has 1 aromatic rings. The van der Waals surface area contributed by atoms with E-state index >= 15 is 0 Å². The van der Waals surface area contributed by atoms with Crippen molar-refractivity contribution in [3.8, 4) is 0 Å². The van der Waals surface area contributed by atoms with Crippen molar-refractivity contribution in [2.24, 2.45) is 5.92 Å². The van der Waals surface area contributed by atoms with Crippen molar-refractivity contribution in [1.29, 1.82) is 0 Å². The van der Waals surface area contributed by atoms with Crippen LogP contribution in [-0.4, -0.2) is 29.7 Å². The van der Waals surface area contributed by atoms with Crippen molar-refractivity contribution in [2.45, 2.75) is 59.0 Å². The number of likely N-dealkylation sites (tertiary alicyclic amines) is 1. The van der Waals surface area contributed by atoms with Crippen LogP contribution in [0.15, 0.2) is 24.3 Å². The molecule has 3 heteroatoms. The Kier molecular flexibility index (Phi) is 5.15. The van der Waals surface area contributed by atoms with E-state index in [4.69, 9.17) is 4.74 Å². The molecule has 0 radical (unpaired) electrons. The van der Waals surface area contributed by atoms with Gasteiger partial charge in [0.25, 0.3) is 0 Å². The zero-order valence-electron chi connectivity index (χ0n) is 14.6. The number of hydrogen-bond donors (Lipinski definition) is 0. The summed E-state index contributed by atoms with van der Waals surface area (Å²) < 4.78 is 5.52. The SMILES string of the molecule is Cc1ccccc1C(C)C1CCCN(C(=O)OC(C)(C)C)C1. The normalized spacial score (nSPS) is 20.6. The first kappa shape index (κ1) is 16.9. The number of carbonyl (C=O) groups excluding carboxylic acids is 1. The zero-order valence-corrected chi connectivity index (χ0v) is 14.6. The molecular formula is C19H29NO2. The first-order valence-electron chi connectivity index (χ1n) is 8.31. The highest BCUT2D eigenvalue weighted by molar-refractivity contribution is 5.68. The monoisotopic (exact) mass is 303 g/mol. The molecule has 1 aliphatic rings. The fraction of sp³-hybridized carbons (Fsp3) is 0.632. The standard InChI is InChI=1S/C19H29NO2/c1-14-9-6-7-11-17(14)15(2)16-10-8-12-20(13-16)18(21)22-19(3,4)5/h6-7,9,11,15-16H,8,10,12-13H2,1-5H3. The van der Waals surface area contributed by atoms with Gasteiger partial charge in [0.1, 0.15) is 5.60 Å². The Balaban J connectivity index is 2.04. The molecule has 0 saturated carbocycles. The summed E-state index contributed by atoms with van der Waals surface area (Å²) >= 11 is 0. The largest absolute Gasteiger partial charge is 0.444 e. The molecule has 3 nitrogen and oxygen atoms in total. The molecule has 2 rings (SSSR count). The van der Waals surface area contributed by atoms with E-state index in [0.717, 1.165) is 19.5 Å². The molecule has 1 heterocycles. The third-order valence-corrected chi connectivity index (χ3v) is 4.50. The van der Waals surface area contributed by atoms with Gasteiger partial charge in [0, 0.05) is 13.1 Å². The fourth-order valence-corrected chi connectivity index (χ4v) is 3.26. The van der Waals surface area contributed by atoms with Gasteiger partial charge in [0.15, 0.2) is 0 Å². The maximum absolute atomic E-state index is 12.3. The molecule has 22 heavy (non-hydrogen) atoms. The van der Waals surface area contributed by atoms with Gasteiger partial charge in [-0.3, -0.25) is 0 Å². The molecule has 1 saturated heterocycles. The number of amides is 1. The number of hydrogen-bond acceptors (Lipinski definition) is 2. The number of piperidine rings is 1. The van der Waals surface area contributed by atoms with Gasteiger partial charge in [0.05, 0.1) is 0 Å². The summed E-state index contributed by atoms with van der Waals surface area (Å²) in [7, 11) is 0. The first-order valence-corrected chi connectivity index (χ1v) is 8.31. The summed E-state index contributed by atoms with van der Waals surface area (Å²) in [5.41, 5.74) is 2.31. The third kappa shape index (κ3) is 4.25. The molecule has 1 fully saturated rings.